The molecule has 0 spiro atoms. The molecule has 0 saturated heterocycles. The largest absolute Gasteiger partial charge is 0.380 e. The molecule has 1 atom stereocenters. The number of hydrogen-bond donors (Lipinski definition) is 1. The van der Waals surface area contributed by atoms with E-state index in [1.807, 2.05) is 0 Å². The van der Waals surface area contributed by atoms with Crippen molar-refractivity contribution in [1.82, 2.24) is 5.32 Å². The van der Waals surface area contributed by atoms with Crippen molar-refractivity contribution in [3.8, 4) is 0 Å². The van der Waals surface area contributed by atoms with E-state index >= 15 is 0 Å². The van der Waals surface area contributed by atoms with Gasteiger partial charge in [-0.25, -0.2) is 0 Å². The first-order valence-corrected chi connectivity index (χ1v) is 6.78. The number of ether oxygens (including phenoxy) is 1. The molecule has 1 unspecified atom stereocenters. The Balaban J connectivity index is 2.14. The molecule has 1 saturated carbocycles. The SMILES string of the molecule is CNC(COCCC(C)(C)C)C1CCCC1. The van der Waals surface area contributed by atoms with Gasteiger partial charge in [-0.2, -0.15) is 0 Å². The van der Waals surface area contributed by atoms with Gasteiger partial charge in [0.1, 0.15) is 0 Å². The minimum Gasteiger partial charge on any atom is -0.380 e. The molecule has 2 nitrogen and oxygen atoms in total. The van der Waals surface area contributed by atoms with Gasteiger partial charge in [-0.3, -0.25) is 0 Å². The van der Waals surface area contributed by atoms with Crippen LogP contribution in [0.25, 0.3) is 0 Å². The van der Waals surface area contributed by atoms with E-state index in [1.54, 1.807) is 0 Å². The van der Waals surface area contributed by atoms with E-state index in [2.05, 4.69) is 33.1 Å². The lowest BCUT2D eigenvalue weighted by molar-refractivity contribution is 0.0778. The molecule has 0 aromatic rings. The second-order valence-electron chi connectivity index (χ2n) is 6.33. The molecule has 0 aromatic heterocycles. The summed E-state index contributed by atoms with van der Waals surface area (Å²) in [7, 11) is 2.07. The van der Waals surface area contributed by atoms with Crippen LogP contribution in [0.3, 0.4) is 0 Å². The monoisotopic (exact) mass is 227 g/mol. The highest BCUT2D eigenvalue weighted by Crippen LogP contribution is 2.27. The molecular weight excluding hydrogens is 198 g/mol. The van der Waals surface area contributed by atoms with Crippen LogP contribution in [0.15, 0.2) is 0 Å². The lowest BCUT2D eigenvalue weighted by Gasteiger charge is -2.24. The van der Waals surface area contributed by atoms with Gasteiger partial charge in [0.25, 0.3) is 0 Å². The van der Waals surface area contributed by atoms with E-state index in [4.69, 9.17) is 4.74 Å². The summed E-state index contributed by atoms with van der Waals surface area (Å²) < 4.78 is 5.81. The van der Waals surface area contributed by atoms with Crippen LogP contribution < -0.4 is 5.32 Å². The van der Waals surface area contributed by atoms with Crippen LogP contribution in [0.1, 0.15) is 52.9 Å². The smallest absolute Gasteiger partial charge is 0.0622 e. The Kier molecular flexibility index (Phi) is 5.77. The molecule has 1 aliphatic carbocycles. The quantitative estimate of drug-likeness (QED) is 0.704. The molecule has 96 valence electrons. The summed E-state index contributed by atoms with van der Waals surface area (Å²) in [4.78, 5) is 0. The van der Waals surface area contributed by atoms with Gasteiger partial charge in [0, 0.05) is 12.6 Å². The van der Waals surface area contributed by atoms with Crippen molar-refractivity contribution in [2.45, 2.75) is 58.9 Å². The van der Waals surface area contributed by atoms with Gasteiger partial charge in [-0.05, 0) is 37.6 Å². The summed E-state index contributed by atoms with van der Waals surface area (Å²) in [6.07, 6.45) is 6.73. The Labute approximate surface area is 101 Å². The summed E-state index contributed by atoms with van der Waals surface area (Å²) in [5.41, 5.74) is 0.391. The Bertz CT molecular complexity index is 180. The van der Waals surface area contributed by atoms with Gasteiger partial charge in [-0.1, -0.05) is 33.6 Å². The fourth-order valence-corrected chi connectivity index (χ4v) is 2.40. The molecule has 0 aliphatic heterocycles. The highest BCUT2D eigenvalue weighted by molar-refractivity contribution is 4.79. The number of nitrogens with one attached hydrogen (secondary N) is 1. The number of hydrogen-bond acceptors (Lipinski definition) is 2. The van der Waals surface area contributed by atoms with Gasteiger partial charge in [-0.15, -0.1) is 0 Å². The van der Waals surface area contributed by atoms with E-state index in [9.17, 15) is 0 Å². The van der Waals surface area contributed by atoms with Crippen LogP contribution in [0.2, 0.25) is 0 Å². The lowest BCUT2D eigenvalue weighted by Crippen LogP contribution is -2.36. The molecule has 0 bridgehead atoms. The second-order valence-corrected chi connectivity index (χ2v) is 6.33. The van der Waals surface area contributed by atoms with Crippen molar-refractivity contribution in [1.29, 1.82) is 0 Å². The summed E-state index contributed by atoms with van der Waals surface area (Å²) in [5, 5.41) is 3.42. The fourth-order valence-electron chi connectivity index (χ4n) is 2.40. The van der Waals surface area contributed by atoms with Gasteiger partial charge < -0.3 is 10.1 Å². The third-order valence-corrected chi connectivity index (χ3v) is 3.63. The zero-order valence-corrected chi connectivity index (χ0v) is 11.5. The molecule has 2 heteroatoms. The van der Waals surface area contributed by atoms with Gasteiger partial charge in [0.15, 0.2) is 0 Å². The summed E-state index contributed by atoms with van der Waals surface area (Å²) in [5.74, 6) is 0.847. The van der Waals surface area contributed by atoms with E-state index in [1.165, 1.54) is 25.7 Å². The van der Waals surface area contributed by atoms with Crippen molar-refractivity contribution in [3.05, 3.63) is 0 Å². The maximum atomic E-state index is 5.81. The van der Waals surface area contributed by atoms with Crippen molar-refractivity contribution in [2.24, 2.45) is 11.3 Å². The lowest BCUT2D eigenvalue weighted by atomic mass is 9.93. The summed E-state index contributed by atoms with van der Waals surface area (Å²) in [6.45, 7) is 8.58. The Morgan fingerprint density at radius 2 is 1.88 bits per heavy atom. The first-order chi connectivity index (χ1) is 7.53. The molecule has 16 heavy (non-hydrogen) atoms. The zero-order chi connectivity index (χ0) is 12.0. The summed E-state index contributed by atoms with van der Waals surface area (Å²) in [6, 6.07) is 0.572. The third-order valence-electron chi connectivity index (χ3n) is 3.63. The molecule has 1 aliphatic rings. The summed E-state index contributed by atoms with van der Waals surface area (Å²) >= 11 is 0. The van der Waals surface area contributed by atoms with Crippen LogP contribution >= 0.6 is 0 Å². The third kappa shape index (κ3) is 5.31. The van der Waals surface area contributed by atoms with E-state index in [0.717, 1.165) is 25.6 Å². The van der Waals surface area contributed by atoms with Crippen LogP contribution in [0, 0.1) is 11.3 Å². The van der Waals surface area contributed by atoms with Gasteiger partial charge in [0.05, 0.1) is 6.61 Å². The molecule has 0 aromatic carbocycles. The van der Waals surface area contributed by atoms with Crippen molar-refractivity contribution in [3.63, 3.8) is 0 Å². The zero-order valence-electron chi connectivity index (χ0n) is 11.5. The van der Waals surface area contributed by atoms with Crippen LogP contribution in [-0.4, -0.2) is 26.3 Å². The van der Waals surface area contributed by atoms with Crippen LogP contribution in [-0.2, 0) is 4.74 Å². The molecule has 0 heterocycles. The highest BCUT2D eigenvalue weighted by atomic mass is 16.5. The van der Waals surface area contributed by atoms with Crippen molar-refractivity contribution < 1.29 is 4.74 Å². The predicted octanol–water partition coefficient (Wildman–Crippen LogP) is 3.22. The van der Waals surface area contributed by atoms with Crippen LogP contribution in [0.5, 0.6) is 0 Å². The Hall–Kier alpha value is -0.0800. The van der Waals surface area contributed by atoms with Gasteiger partial charge >= 0.3 is 0 Å². The van der Waals surface area contributed by atoms with E-state index in [0.29, 0.717) is 11.5 Å². The Morgan fingerprint density at radius 3 is 2.38 bits per heavy atom. The van der Waals surface area contributed by atoms with Crippen molar-refractivity contribution >= 4 is 0 Å². The maximum absolute atomic E-state index is 5.81. The average molecular weight is 227 g/mol. The fraction of sp³-hybridized carbons (Fsp3) is 1.00. The number of likely N-dealkylation sites (N-methyl/N-ethyl adjacent to an activating group) is 1. The standard InChI is InChI=1S/C14H29NO/c1-14(2,3)9-10-16-11-13(15-4)12-7-5-6-8-12/h12-13,15H,5-11H2,1-4H3. The maximum Gasteiger partial charge on any atom is 0.0622 e. The van der Waals surface area contributed by atoms with E-state index in [-0.39, 0.29) is 0 Å². The van der Waals surface area contributed by atoms with Gasteiger partial charge in [0.2, 0.25) is 0 Å². The first kappa shape index (κ1) is 14.0. The highest BCUT2D eigenvalue weighted by Gasteiger charge is 2.23. The molecule has 0 amide bonds. The number of rotatable bonds is 6. The minimum atomic E-state index is 0.391. The molecule has 1 N–H and O–H groups in total. The Morgan fingerprint density at radius 1 is 1.25 bits per heavy atom. The topological polar surface area (TPSA) is 21.3 Å². The molecule has 1 fully saturated rings. The van der Waals surface area contributed by atoms with Crippen LogP contribution in [0.4, 0.5) is 0 Å². The second kappa shape index (κ2) is 6.61. The molecule has 0 radical (unpaired) electrons. The average Bonchev–Trinajstić information content (AvgIpc) is 2.69. The normalized spacial score (nSPS) is 20.2. The first-order valence-electron chi connectivity index (χ1n) is 6.78. The predicted molar refractivity (Wildman–Crippen MR) is 69.7 cm³/mol. The van der Waals surface area contributed by atoms with E-state index < -0.39 is 0 Å². The minimum absolute atomic E-state index is 0.391. The molecule has 1 rings (SSSR count). The molecular formula is C14H29NO. The van der Waals surface area contributed by atoms with Crippen molar-refractivity contribution in [2.75, 3.05) is 20.3 Å².